The van der Waals surface area contributed by atoms with Crippen molar-refractivity contribution in [2.24, 2.45) is 0 Å². The highest BCUT2D eigenvalue weighted by atomic mass is 16.3. The maximum Gasteiger partial charge on any atom is 0.123 e. The molecule has 0 aliphatic rings. The van der Waals surface area contributed by atoms with Crippen LogP contribution >= 0.6 is 0 Å². The zero-order chi connectivity index (χ0) is 15.8. The number of benzene rings is 2. The largest absolute Gasteiger partial charge is 0.507 e. The zero-order valence-corrected chi connectivity index (χ0v) is 13.9. The first-order chi connectivity index (χ1) is 10.8. The van der Waals surface area contributed by atoms with E-state index in [1.165, 1.54) is 43.2 Å². The highest BCUT2D eigenvalue weighted by molar-refractivity contribution is 5.75. The van der Waals surface area contributed by atoms with Crippen LogP contribution in [-0.2, 0) is 12.8 Å². The topological polar surface area (TPSA) is 20.2 Å². The lowest BCUT2D eigenvalue weighted by atomic mass is 9.89. The molecule has 118 valence electrons. The Balaban J connectivity index is 2.43. The van der Waals surface area contributed by atoms with Crippen molar-refractivity contribution in [2.45, 2.75) is 58.8 Å². The second-order valence-corrected chi connectivity index (χ2v) is 6.02. The lowest BCUT2D eigenvalue weighted by Gasteiger charge is -2.17. The Morgan fingerprint density at radius 3 is 2.18 bits per heavy atom. The maximum absolute atomic E-state index is 10.5. The van der Waals surface area contributed by atoms with E-state index in [1.54, 1.807) is 0 Å². The lowest BCUT2D eigenvalue weighted by Crippen LogP contribution is -1.99. The van der Waals surface area contributed by atoms with Crippen LogP contribution in [0, 0.1) is 0 Å². The molecule has 0 saturated carbocycles. The van der Waals surface area contributed by atoms with Gasteiger partial charge in [0.25, 0.3) is 0 Å². The van der Waals surface area contributed by atoms with E-state index in [4.69, 9.17) is 0 Å². The number of hydrogen-bond acceptors (Lipinski definition) is 1. The van der Waals surface area contributed by atoms with Gasteiger partial charge in [0.05, 0.1) is 0 Å². The summed E-state index contributed by atoms with van der Waals surface area (Å²) in [5, 5.41) is 10.5. The summed E-state index contributed by atoms with van der Waals surface area (Å²) in [7, 11) is 0. The summed E-state index contributed by atoms with van der Waals surface area (Å²) in [4.78, 5) is 0. The van der Waals surface area contributed by atoms with Crippen molar-refractivity contribution in [1.29, 1.82) is 0 Å². The number of phenolic OH excluding ortho intramolecular Hbond substituents is 1. The highest BCUT2D eigenvalue weighted by Gasteiger charge is 2.14. The molecule has 1 heteroatoms. The minimum atomic E-state index is 0.415. The van der Waals surface area contributed by atoms with E-state index in [9.17, 15) is 5.11 Å². The fourth-order valence-electron chi connectivity index (χ4n) is 3.04. The minimum absolute atomic E-state index is 0.415. The van der Waals surface area contributed by atoms with Gasteiger partial charge in [0.2, 0.25) is 0 Å². The van der Waals surface area contributed by atoms with Crippen molar-refractivity contribution in [3.63, 3.8) is 0 Å². The fourth-order valence-corrected chi connectivity index (χ4v) is 3.04. The van der Waals surface area contributed by atoms with Crippen LogP contribution in [0.3, 0.4) is 0 Å². The monoisotopic (exact) mass is 296 g/mol. The molecule has 0 atom stereocenters. The molecule has 1 N–H and O–H groups in total. The van der Waals surface area contributed by atoms with Gasteiger partial charge in [-0.05, 0) is 48.4 Å². The van der Waals surface area contributed by atoms with Gasteiger partial charge in [0.1, 0.15) is 5.75 Å². The molecule has 2 aromatic rings. The second-order valence-electron chi connectivity index (χ2n) is 6.02. The smallest absolute Gasteiger partial charge is 0.123 e. The Kier molecular flexibility index (Phi) is 6.51. The van der Waals surface area contributed by atoms with Gasteiger partial charge >= 0.3 is 0 Å². The third-order valence-electron chi connectivity index (χ3n) is 4.28. The molecule has 0 saturated heterocycles. The van der Waals surface area contributed by atoms with E-state index in [-0.39, 0.29) is 0 Å². The molecule has 2 rings (SSSR count). The number of phenols is 1. The zero-order valence-electron chi connectivity index (χ0n) is 13.9. The summed E-state index contributed by atoms with van der Waals surface area (Å²) in [6.07, 6.45) is 8.25. The number of unbranched alkanes of at least 4 members (excludes halogenated alkanes) is 3. The van der Waals surface area contributed by atoms with Gasteiger partial charge < -0.3 is 5.11 Å². The minimum Gasteiger partial charge on any atom is -0.507 e. The van der Waals surface area contributed by atoms with Crippen molar-refractivity contribution in [1.82, 2.24) is 0 Å². The van der Waals surface area contributed by atoms with Gasteiger partial charge in [-0.1, -0.05) is 69.5 Å². The molecule has 0 heterocycles. The van der Waals surface area contributed by atoms with Gasteiger partial charge in [-0.2, -0.15) is 0 Å². The Bertz CT molecular complexity index is 572. The Morgan fingerprint density at radius 1 is 0.773 bits per heavy atom. The van der Waals surface area contributed by atoms with Crippen LogP contribution in [0.25, 0.3) is 11.1 Å². The first-order valence-electron chi connectivity index (χ1n) is 8.67. The molecule has 2 aromatic carbocycles. The molecular weight excluding hydrogens is 268 g/mol. The molecule has 0 unspecified atom stereocenters. The maximum atomic E-state index is 10.5. The van der Waals surface area contributed by atoms with E-state index in [0.717, 1.165) is 24.0 Å². The predicted molar refractivity (Wildman–Crippen MR) is 95.4 cm³/mol. The standard InChI is InChI=1S/C21H28O/c1-3-5-8-14-19-17(11-6-4-2)15-16-20(22)21(19)18-12-9-7-10-13-18/h7,9-10,12-13,15-16,22H,3-6,8,11,14H2,1-2H3. The van der Waals surface area contributed by atoms with Crippen molar-refractivity contribution in [3.8, 4) is 16.9 Å². The quantitative estimate of drug-likeness (QED) is 0.580. The van der Waals surface area contributed by atoms with Crippen LogP contribution in [-0.4, -0.2) is 5.11 Å². The number of hydrogen-bond donors (Lipinski definition) is 1. The van der Waals surface area contributed by atoms with Crippen molar-refractivity contribution < 1.29 is 5.11 Å². The average molecular weight is 296 g/mol. The van der Waals surface area contributed by atoms with E-state index in [2.05, 4.69) is 32.0 Å². The van der Waals surface area contributed by atoms with Crippen LogP contribution in [0.15, 0.2) is 42.5 Å². The number of rotatable bonds is 8. The van der Waals surface area contributed by atoms with Crippen LogP contribution < -0.4 is 0 Å². The molecule has 1 nitrogen and oxygen atoms in total. The third kappa shape index (κ3) is 4.13. The van der Waals surface area contributed by atoms with Gasteiger partial charge in [0.15, 0.2) is 0 Å². The molecule has 22 heavy (non-hydrogen) atoms. The Labute approximate surface area is 135 Å². The second kappa shape index (κ2) is 8.63. The molecule has 0 radical (unpaired) electrons. The van der Waals surface area contributed by atoms with Gasteiger partial charge in [-0.25, -0.2) is 0 Å². The van der Waals surface area contributed by atoms with Gasteiger partial charge in [-0.3, -0.25) is 0 Å². The number of aromatic hydroxyl groups is 1. The van der Waals surface area contributed by atoms with Crippen LogP contribution in [0.2, 0.25) is 0 Å². The SMILES string of the molecule is CCCCCc1c(CCCC)ccc(O)c1-c1ccccc1. The molecule has 0 aliphatic heterocycles. The van der Waals surface area contributed by atoms with Crippen LogP contribution in [0.5, 0.6) is 5.75 Å². The highest BCUT2D eigenvalue weighted by Crippen LogP contribution is 2.36. The summed E-state index contributed by atoms with van der Waals surface area (Å²) < 4.78 is 0. The summed E-state index contributed by atoms with van der Waals surface area (Å²) in [6.45, 7) is 4.47. The molecule has 0 bridgehead atoms. The summed E-state index contributed by atoms with van der Waals surface area (Å²) in [6, 6.07) is 14.3. The Morgan fingerprint density at radius 2 is 1.50 bits per heavy atom. The molecule has 0 fully saturated rings. The van der Waals surface area contributed by atoms with Crippen LogP contribution in [0.4, 0.5) is 0 Å². The Hall–Kier alpha value is -1.76. The van der Waals surface area contributed by atoms with E-state index in [1.807, 2.05) is 24.3 Å². The van der Waals surface area contributed by atoms with E-state index < -0.39 is 0 Å². The first-order valence-corrected chi connectivity index (χ1v) is 8.67. The lowest BCUT2D eigenvalue weighted by molar-refractivity contribution is 0.476. The van der Waals surface area contributed by atoms with Crippen LogP contribution in [0.1, 0.15) is 57.1 Å². The molecular formula is C21H28O. The molecule has 0 aliphatic carbocycles. The fraction of sp³-hybridized carbons (Fsp3) is 0.429. The summed E-state index contributed by atoms with van der Waals surface area (Å²) >= 11 is 0. The van der Waals surface area contributed by atoms with E-state index in [0.29, 0.717) is 5.75 Å². The van der Waals surface area contributed by atoms with Crippen molar-refractivity contribution in [3.05, 3.63) is 53.6 Å². The van der Waals surface area contributed by atoms with Crippen molar-refractivity contribution >= 4 is 0 Å². The van der Waals surface area contributed by atoms with E-state index >= 15 is 0 Å². The first kappa shape index (κ1) is 16.6. The summed E-state index contributed by atoms with van der Waals surface area (Å²) in [5.74, 6) is 0.415. The van der Waals surface area contributed by atoms with Gasteiger partial charge in [-0.15, -0.1) is 0 Å². The number of aryl methyl sites for hydroxylation is 1. The van der Waals surface area contributed by atoms with Gasteiger partial charge in [0, 0.05) is 5.56 Å². The summed E-state index contributed by atoms with van der Waals surface area (Å²) in [5.41, 5.74) is 4.94. The molecule has 0 aromatic heterocycles. The van der Waals surface area contributed by atoms with Crippen molar-refractivity contribution in [2.75, 3.05) is 0 Å². The normalized spacial score (nSPS) is 10.8. The third-order valence-corrected chi connectivity index (χ3v) is 4.28. The average Bonchev–Trinajstić information content (AvgIpc) is 2.55. The molecule has 0 spiro atoms. The predicted octanol–water partition coefficient (Wildman–Crippen LogP) is 6.13. The molecule has 0 amide bonds.